The monoisotopic (exact) mass is 441 g/mol. The van der Waals surface area contributed by atoms with Crippen LogP contribution >= 0.6 is 0 Å². The van der Waals surface area contributed by atoms with Crippen LogP contribution in [0.25, 0.3) is 0 Å². The van der Waals surface area contributed by atoms with E-state index in [1.165, 1.54) is 12.1 Å². The van der Waals surface area contributed by atoms with Crippen LogP contribution in [0.3, 0.4) is 0 Å². The van der Waals surface area contributed by atoms with Crippen molar-refractivity contribution in [2.45, 2.75) is 19.8 Å². The molecule has 2 rings (SSSR count). The van der Waals surface area contributed by atoms with Gasteiger partial charge in [-0.05, 0) is 48.7 Å². The molecule has 32 heavy (non-hydrogen) atoms. The molecule has 0 unspecified atom stereocenters. The zero-order valence-electron chi connectivity index (χ0n) is 19.0. The van der Waals surface area contributed by atoms with Crippen molar-refractivity contribution in [3.05, 3.63) is 71.0 Å². The normalized spacial score (nSPS) is 11.1. The summed E-state index contributed by atoms with van der Waals surface area (Å²) in [6, 6.07) is 13.5. The van der Waals surface area contributed by atoms with Gasteiger partial charge >= 0.3 is 0 Å². The molecule has 0 bridgehead atoms. The average molecular weight is 442 g/mol. The van der Waals surface area contributed by atoms with E-state index in [9.17, 15) is 14.0 Å². The van der Waals surface area contributed by atoms with Crippen LogP contribution in [0.5, 0.6) is 0 Å². The summed E-state index contributed by atoms with van der Waals surface area (Å²) in [6.07, 6.45) is 0.920. The van der Waals surface area contributed by atoms with Crippen LogP contribution in [0.4, 0.5) is 4.39 Å². The van der Waals surface area contributed by atoms with Crippen molar-refractivity contribution in [1.29, 1.82) is 0 Å². The molecule has 0 aromatic heterocycles. The highest BCUT2D eigenvalue weighted by Crippen LogP contribution is 2.08. The SMILES string of the molecule is CCNC(=NCCc1cccc(C(=O)N(C)C)c1)NCCNC(=O)Cc1ccc(F)cc1. The fourth-order valence-corrected chi connectivity index (χ4v) is 2.99. The molecule has 7 nitrogen and oxygen atoms in total. The highest BCUT2D eigenvalue weighted by Gasteiger charge is 2.08. The third kappa shape index (κ3) is 8.75. The second-order valence-corrected chi connectivity index (χ2v) is 7.49. The second-order valence-electron chi connectivity index (χ2n) is 7.49. The highest BCUT2D eigenvalue weighted by atomic mass is 19.1. The molecule has 0 radical (unpaired) electrons. The van der Waals surface area contributed by atoms with Crippen LogP contribution in [-0.2, 0) is 17.6 Å². The van der Waals surface area contributed by atoms with Gasteiger partial charge in [-0.25, -0.2) is 4.39 Å². The number of nitrogens with one attached hydrogen (secondary N) is 3. The lowest BCUT2D eigenvalue weighted by molar-refractivity contribution is -0.120. The van der Waals surface area contributed by atoms with Crippen molar-refractivity contribution >= 4 is 17.8 Å². The van der Waals surface area contributed by atoms with Crippen LogP contribution < -0.4 is 16.0 Å². The molecule has 2 aromatic carbocycles. The number of hydrogen-bond acceptors (Lipinski definition) is 3. The Hall–Kier alpha value is -3.42. The first-order valence-corrected chi connectivity index (χ1v) is 10.7. The van der Waals surface area contributed by atoms with Gasteiger partial charge in [-0.2, -0.15) is 0 Å². The number of carbonyl (C=O) groups excluding carboxylic acids is 2. The van der Waals surface area contributed by atoms with Gasteiger partial charge in [0, 0.05) is 45.8 Å². The molecule has 3 N–H and O–H groups in total. The summed E-state index contributed by atoms with van der Waals surface area (Å²) in [5, 5.41) is 9.21. The first kappa shape index (κ1) is 24.8. The molecule has 2 aromatic rings. The van der Waals surface area contributed by atoms with Gasteiger partial charge in [0.05, 0.1) is 6.42 Å². The Morgan fingerprint density at radius 1 is 0.969 bits per heavy atom. The van der Waals surface area contributed by atoms with Crippen LogP contribution in [0.2, 0.25) is 0 Å². The molecule has 0 aliphatic rings. The number of guanidine groups is 1. The molecule has 0 fully saturated rings. The number of carbonyl (C=O) groups is 2. The van der Waals surface area contributed by atoms with E-state index in [-0.39, 0.29) is 24.1 Å². The quantitative estimate of drug-likeness (QED) is 0.299. The fourth-order valence-electron chi connectivity index (χ4n) is 2.99. The number of halogens is 1. The minimum Gasteiger partial charge on any atom is -0.357 e. The zero-order chi connectivity index (χ0) is 23.3. The number of rotatable bonds is 10. The number of amides is 2. The van der Waals surface area contributed by atoms with E-state index >= 15 is 0 Å². The van der Waals surface area contributed by atoms with E-state index < -0.39 is 0 Å². The molecule has 0 aliphatic heterocycles. The molecule has 172 valence electrons. The predicted octanol–water partition coefficient (Wildman–Crippen LogP) is 1.98. The van der Waals surface area contributed by atoms with E-state index in [4.69, 9.17) is 0 Å². The number of aliphatic imine (C=N–C) groups is 1. The van der Waals surface area contributed by atoms with Crippen molar-refractivity contribution < 1.29 is 14.0 Å². The summed E-state index contributed by atoms with van der Waals surface area (Å²) in [4.78, 5) is 30.2. The van der Waals surface area contributed by atoms with Gasteiger partial charge in [0.2, 0.25) is 5.91 Å². The van der Waals surface area contributed by atoms with Gasteiger partial charge < -0.3 is 20.9 Å². The molecule has 0 atom stereocenters. The minimum absolute atomic E-state index is 0.0215. The van der Waals surface area contributed by atoms with Gasteiger partial charge in [0.25, 0.3) is 5.91 Å². The van der Waals surface area contributed by atoms with Gasteiger partial charge in [0.1, 0.15) is 5.82 Å². The third-order valence-corrected chi connectivity index (χ3v) is 4.61. The van der Waals surface area contributed by atoms with Crippen molar-refractivity contribution in [3.63, 3.8) is 0 Å². The van der Waals surface area contributed by atoms with Crippen molar-refractivity contribution in [2.24, 2.45) is 4.99 Å². The van der Waals surface area contributed by atoms with Crippen molar-refractivity contribution in [3.8, 4) is 0 Å². The average Bonchev–Trinajstić information content (AvgIpc) is 2.78. The Morgan fingerprint density at radius 3 is 2.38 bits per heavy atom. The lowest BCUT2D eigenvalue weighted by atomic mass is 10.1. The summed E-state index contributed by atoms with van der Waals surface area (Å²) >= 11 is 0. The topological polar surface area (TPSA) is 85.8 Å². The largest absolute Gasteiger partial charge is 0.357 e. The maximum Gasteiger partial charge on any atom is 0.253 e. The van der Waals surface area contributed by atoms with E-state index in [2.05, 4.69) is 20.9 Å². The Bertz CT molecular complexity index is 913. The van der Waals surface area contributed by atoms with E-state index in [0.29, 0.717) is 37.6 Å². The highest BCUT2D eigenvalue weighted by molar-refractivity contribution is 5.94. The van der Waals surface area contributed by atoms with E-state index in [0.717, 1.165) is 17.7 Å². The van der Waals surface area contributed by atoms with Gasteiger partial charge in [-0.1, -0.05) is 24.3 Å². The molecular weight excluding hydrogens is 409 g/mol. The summed E-state index contributed by atoms with van der Waals surface area (Å²) in [7, 11) is 3.47. The summed E-state index contributed by atoms with van der Waals surface area (Å²) in [5.41, 5.74) is 2.48. The Labute approximate surface area is 189 Å². The molecule has 8 heteroatoms. The van der Waals surface area contributed by atoms with Gasteiger partial charge in [-0.3, -0.25) is 14.6 Å². The van der Waals surface area contributed by atoms with Crippen molar-refractivity contribution in [2.75, 3.05) is 40.3 Å². The van der Waals surface area contributed by atoms with Gasteiger partial charge in [0.15, 0.2) is 5.96 Å². The lowest BCUT2D eigenvalue weighted by Crippen LogP contribution is -2.41. The first-order chi connectivity index (χ1) is 15.4. The van der Waals surface area contributed by atoms with Crippen LogP contribution in [0.1, 0.15) is 28.4 Å². The molecule has 0 heterocycles. The van der Waals surface area contributed by atoms with Crippen molar-refractivity contribution in [1.82, 2.24) is 20.9 Å². The molecule has 0 saturated heterocycles. The minimum atomic E-state index is -0.316. The smallest absolute Gasteiger partial charge is 0.253 e. The Kier molecular flexibility index (Phi) is 10.2. The molecule has 0 aliphatic carbocycles. The molecule has 0 spiro atoms. The van der Waals surface area contributed by atoms with E-state index in [1.54, 1.807) is 31.1 Å². The molecule has 2 amide bonds. The maximum atomic E-state index is 12.9. The number of benzene rings is 2. The molecular formula is C24H32FN5O2. The lowest BCUT2D eigenvalue weighted by Gasteiger charge is -2.12. The molecule has 0 saturated carbocycles. The van der Waals surface area contributed by atoms with Crippen LogP contribution in [0.15, 0.2) is 53.5 Å². The fraction of sp³-hybridized carbons (Fsp3) is 0.375. The number of nitrogens with zero attached hydrogens (tertiary/aromatic N) is 2. The van der Waals surface area contributed by atoms with E-state index in [1.807, 2.05) is 31.2 Å². The zero-order valence-corrected chi connectivity index (χ0v) is 19.0. The number of hydrogen-bond donors (Lipinski definition) is 3. The first-order valence-electron chi connectivity index (χ1n) is 10.7. The third-order valence-electron chi connectivity index (χ3n) is 4.61. The summed E-state index contributed by atoms with van der Waals surface area (Å²) in [6.45, 7) is 4.23. The van der Waals surface area contributed by atoms with Crippen LogP contribution in [-0.4, -0.2) is 62.9 Å². The Balaban J connectivity index is 1.76. The summed E-state index contributed by atoms with van der Waals surface area (Å²) in [5.74, 6) is 0.212. The Morgan fingerprint density at radius 2 is 1.69 bits per heavy atom. The predicted molar refractivity (Wildman–Crippen MR) is 125 cm³/mol. The summed E-state index contributed by atoms with van der Waals surface area (Å²) < 4.78 is 12.9. The second kappa shape index (κ2) is 13.1. The maximum absolute atomic E-state index is 12.9. The van der Waals surface area contributed by atoms with Crippen LogP contribution in [0, 0.1) is 5.82 Å². The standard InChI is InChI=1S/C24H32FN5O2/c1-4-26-24(28-13-12-18-6-5-7-20(16-18)23(32)30(2)3)29-15-14-27-22(31)17-19-8-10-21(25)11-9-19/h5-11,16H,4,12-15,17H2,1-3H3,(H,27,31)(H2,26,28,29). The van der Waals surface area contributed by atoms with Gasteiger partial charge in [-0.15, -0.1) is 0 Å².